The molecule has 5 rings (SSSR count). The first-order chi connectivity index (χ1) is 28.1. The lowest BCUT2D eigenvalue weighted by atomic mass is 10.3. The van der Waals surface area contributed by atoms with Crippen molar-refractivity contribution in [3.8, 4) is 28.7 Å². The quantitative estimate of drug-likeness (QED) is 0.0516. The molecule has 0 radical (unpaired) electrons. The molecule has 0 aliphatic rings. The van der Waals surface area contributed by atoms with E-state index < -0.39 is 19.8 Å². The number of pyridine rings is 5. The van der Waals surface area contributed by atoms with Crippen LogP contribution in [0.3, 0.4) is 0 Å². The van der Waals surface area contributed by atoms with Crippen molar-refractivity contribution in [3.05, 3.63) is 114 Å². The second-order valence-electron chi connectivity index (χ2n) is 10.2. The second kappa shape index (κ2) is 27.0. The molecule has 0 spiro atoms. The van der Waals surface area contributed by atoms with Crippen LogP contribution in [0.15, 0.2) is 61.3 Å². The highest BCUT2D eigenvalue weighted by molar-refractivity contribution is 6.41. The fourth-order valence-corrected chi connectivity index (χ4v) is 4.63. The summed E-state index contributed by atoms with van der Waals surface area (Å²) in [5.41, 5.74) is 0.435. The van der Waals surface area contributed by atoms with Crippen molar-refractivity contribution in [1.82, 2.24) is 24.9 Å². The number of aromatic hydroxyl groups is 2. The summed E-state index contributed by atoms with van der Waals surface area (Å²) in [5.74, 6) is -1.05. The van der Waals surface area contributed by atoms with E-state index in [9.17, 15) is 40.7 Å². The molecule has 0 saturated carbocycles. The number of aliphatic hydroxyl groups excluding tert-OH is 1. The number of nitrogens with zero attached hydrogens (tertiary/aromatic N) is 5. The molecule has 5 aromatic rings. The lowest BCUT2D eigenvalue weighted by Gasteiger charge is -2.05. The largest absolute Gasteiger partial charge is 0.506 e. The van der Waals surface area contributed by atoms with Gasteiger partial charge in [0.2, 0.25) is 0 Å². The minimum absolute atomic E-state index is 0.00403. The number of aldehydes is 1. The van der Waals surface area contributed by atoms with E-state index in [-0.39, 0.29) is 100.0 Å². The van der Waals surface area contributed by atoms with Gasteiger partial charge in [-0.2, -0.15) is 26.3 Å². The molecule has 0 amide bonds. The highest BCUT2D eigenvalue weighted by atomic mass is 35.5. The van der Waals surface area contributed by atoms with Gasteiger partial charge in [-0.3, -0.25) is 19.4 Å². The molecule has 324 valence electrons. The summed E-state index contributed by atoms with van der Waals surface area (Å²) in [4.78, 5) is 49.7. The average Bonchev–Trinajstić information content (AvgIpc) is 3.13. The number of alkyl halides is 6. The number of Topliss-reactive ketones (excluding diaryl/α,β-unsaturated/α-hetero) is 2. The van der Waals surface area contributed by atoms with Crippen LogP contribution in [0.25, 0.3) is 0 Å². The van der Waals surface area contributed by atoms with Gasteiger partial charge in [-0.05, 0) is 0 Å². The molecule has 14 nitrogen and oxygen atoms in total. The number of aliphatic hydroxyl groups is 1. The van der Waals surface area contributed by atoms with E-state index >= 15 is 0 Å². The number of carbonyl (C=O) groups is 3. The summed E-state index contributed by atoms with van der Waals surface area (Å²) >= 11 is 33.1. The molecule has 0 saturated heterocycles. The van der Waals surface area contributed by atoms with E-state index in [0.717, 1.165) is 30.7 Å². The first-order valence-electron chi connectivity index (χ1n) is 15.3. The monoisotopic (exact) mass is 971 g/mol. The number of ketones is 2. The van der Waals surface area contributed by atoms with Crippen LogP contribution >= 0.6 is 69.6 Å². The first-order valence-corrected chi connectivity index (χ1v) is 17.6. The van der Waals surface area contributed by atoms with Crippen LogP contribution in [0.4, 0.5) is 26.3 Å². The molecule has 0 fully saturated rings. The van der Waals surface area contributed by atoms with Crippen LogP contribution in [-0.4, -0.2) is 77.9 Å². The molecule has 3 N–H and O–H groups in total. The Labute approximate surface area is 364 Å². The normalized spacial score (nSPS) is 10.1. The number of aromatic nitrogens is 5. The van der Waals surface area contributed by atoms with E-state index in [2.05, 4.69) is 39.1 Å². The lowest BCUT2D eigenvalue weighted by molar-refractivity contribution is -0.0507. The molecule has 0 aliphatic heterocycles. The van der Waals surface area contributed by atoms with Gasteiger partial charge in [-0.25, -0.2) is 19.9 Å². The van der Waals surface area contributed by atoms with Gasteiger partial charge in [-0.1, -0.05) is 69.6 Å². The second-order valence-corrected chi connectivity index (χ2v) is 12.5. The van der Waals surface area contributed by atoms with Crippen LogP contribution < -0.4 is 14.2 Å². The number of hydrogen-bond acceptors (Lipinski definition) is 14. The van der Waals surface area contributed by atoms with Crippen molar-refractivity contribution >= 4 is 87.5 Å². The Balaban J connectivity index is 0.000000378. The van der Waals surface area contributed by atoms with Crippen molar-refractivity contribution in [3.63, 3.8) is 0 Å². The predicted octanol–water partition coefficient (Wildman–Crippen LogP) is 10.3. The van der Waals surface area contributed by atoms with Crippen LogP contribution in [0.1, 0.15) is 51.0 Å². The number of halogens is 12. The topological polar surface area (TPSA) is 204 Å². The Morgan fingerprint density at radius 1 is 0.583 bits per heavy atom. The summed E-state index contributed by atoms with van der Waals surface area (Å²) in [6.45, 7) is -6.46. The van der Waals surface area contributed by atoms with Gasteiger partial charge < -0.3 is 29.5 Å². The number of rotatable bonds is 10. The zero-order valence-corrected chi connectivity index (χ0v) is 34.4. The predicted molar refractivity (Wildman–Crippen MR) is 206 cm³/mol. The van der Waals surface area contributed by atoms with E-state index in [1.165, 1.54) is 44.4 Å². The Morgan fingerprint density at radius 3 is 1.32 bits per heavy atom. The molecule has 0 unspecified atom stereocenters. The zero-order chi connectivity index (χ0) is 45.7. The van der Waals surface area contributed by atoms with Crippen LogP contribution in [0.5, 0.6) is 28.7 Å². The average molecular weight is 974 g/mol. The molecule has 0 aromatic carbocycles. The van der Waals surface area contributed by atoms with Crippen LogP contribution in [0, 0.1) is 0 Å². The third-order valence-corrected chi connectivity index (χ3v) is 7.66. The molecule has 0 bridgehead atoms. The number of hydrogen-bond donors (Lipinski definition) is 3. The fourth-order valence-electron chi connectivity index (χ4n) is 3.36. The SMILES string of the molecule is CC(=O)c1ncc(O)cc1Cl.CC(=O)c1ncc(OC(F)F)cc1Cl.O=Cc1ncc(OC(F)F)cc1Cl.OCc1ncc(OC(F)F)cc1Cl.Oc1cnc(Cl)c(Cl)c1. The highest BCUT2D eigenvalue weighted by Crippen LogP contribution is 2.24. The van der Waals surface area contributed by atoms with E-state index in [1.807, 2.05) is 0 Å². The first kappa shape index (κ1) is 53.1. The van der Waals surface area contributed by atoms with Gasteiger partial charge in [0.1, 0.15) is 51.0 Å². The Kier molecular flexibility index (Phi) is 23.9. The standard InChI is InChI=1S/C8H6ClF2NO2.C7H6ClF2NO2.C7H4ClF2NO2.C7H6ClNO2.C5H3Cl2NO/c1-4(13)7-6(9)2-5(3-12-7)14-8(10)11;2*8-5-1-4(13-7(9)10)2-11-6(5)3-12;1-4(10)7-6(8)2-5(11)3-9-7;6-4-1-3(9)2-8-5(4)7/h2-3,8H,1H3;1-2,7,12H,3H2;1-3,7H;2-3,11H,1H3;1-2,9H. The Hall–Kier alpha value is -4.96. The third-order valence-electron chi connectivity index (χ3n) is 5.77. The van der Waals surface area contributed by atoms with E-state index in [1.54, 1.807) is 0 Å². The van der Waals surface area contributed by atoms with Crippen LogP contribution in [0.2, 0.25) is 30.3 Å². The van der Waals surface area contributed by atoms with Gasteiger partial charge in [-0.15, -0.1) is 0 Å². The van der Waals surface area contributed by atoms with Crippen molar-refractivity contribution in [2.24, 2.45) is 0 Å². The Morgan fingerprint density at radius 2 is 0.967 bits per heavy atom. The Bertz CT molecular complexity index is 2200. The molecule has 26 heteroatoms. The molecule has 5 heterocycles. The third kappa shape index (κ3) is 20.3. The molecular weight excluding hydrogens is 949 g/mol. The van der Waals surface area contributed by atoms with E-state index in [4.69, 9.17) is 84.9 Å². The van der Waals surface area contributed by atoms with Gasteiger partial charge in [0, 0.05) is 44.2 Å². The van der Waals surface area contributed by atoms with E-state index in [0.29, 0.717) is 6.29 Å². The van der Waals surface area contributed by atoms with Crippen molar-refractivity contribution < 1.29 is 70.3 Å². The molecule has 60 heavy (non-hydrogen) atoms. The van der Waals surface area contributed by atoms with Gasteiger partial charge in [0.25, 0.3) is 0 Å². The van der Waals surface area contributed by atoms with Crippen molar-refractivity contribution in [2.45, 2.75) is 40.3 Å². The zero-order valence-electron chi connectivity index (χ0n) is 29.9. The molecule has 5 aromatic heterocycles. The van der Waals surface area contributed by atoms with Crippen LogP contribution in [-0.2, 0) is 6.61 Å². The fraction of sp³-hybridized carbons (Fsp3) is 0.176. The smallest absolute Gasteiger partial charge is 0.387 e. The summed E-state index contributed by atoms with van der Waals surface area (Å²) in [6, 6.07) is 6.01. The summed E-state index contributed by atoms with van der Waals surface area (Å²) in [6.07, 6.45) is 5.94. The maximum absolute atomic E-state index is 11.8. The molecule has 0 aliphatic carbocycles. The highest BCUT2D eigenvalue weighted by Gasteiger charge is 2.12. The van der Waals surface area contributed by atoms with Gasteiger partial charge in [0.15, 0.2) is 17.9 Å². The van der Waals surface area contributed by atoms with Crippen molar-refractivity contribution in [2.75, 3.05) is 0 Å². The maximum Gasteiger partial charge on any atom is 0.387 e. The summed E-state index contributed by atoms with van der Waals surface area (Å²) in [5, 5.41) is 27.0. The summed E-state index contributed by atoms with van der Waals surface area (Å²) in [7, 11) is 0. The van der Waals surface area contributed by atoms with Gasteiger partial charge >= 0.3 is 19.8 Å². The van der Waals surface area contributed by atoms with Gasteiger partial charge in [0.05, 0.1) is 68.4 Å². The molecule has 0 atom stereocenters. The van der Waals surface area contributed by atoms with Crippen molar-refractivity contribution in [1.29, 1.82) is 0 Å². The maximum atomic E-state index is 11.8. The lowest BCUT2D eigenvalue weighted by Crippen LogP contribution is -2.04. The minimum Gasteiger partial charge on any atom is -0.506 e. The number of ether oxygens (including phenoxy) is 3. The minimum atomic E-state index is -2.93. The number of carbonyl (C=O) groups excluding carboxylic acids is 3. The molecular formula is C34H25Cl6F6N5O9. The summed E-state index contributed by atoms with van der Waals surface area (Å²) < 4.78 is 82.3.